The summed E-state index contributed by atoms with van der Waals surface area (Å²) >= 11 is 6.45. The van der Waals surface area contributed by atoms with E-state index in [1.807, 2.05) is 37.3 Å². The Bertz CT molecular complexity index is 781. The lowest BCUT2D eigenvalue weighted by molar-refractivity contribution is 0.277. The quantitative estimate of drug-likeness (QED) is 0.686. The smallest absolute Gasteiger partial charge is 0.162 e. The van der Waals surface area contributed by atoms with Gasteiger partial charge in [0.1, 0.15) is 5.82 Å². The highest BCUT2D eigenvalue weighted by molar-refractivity contribution is 6.33. The Kier molecular flexibility index (Phi) is 4.72. The Hall–Kier alpha value is -2.20. The molecule has 0 radical (unpaired) electrons. The van der Waals surface area contributed by atoms with E-state index in [-0.39, 0.29) is 0 Å². The normalized spacial score (nSPS) is 10.9. The molecule has 0 aliphatic carbocycles. The molecule has 1 N–H and O–H groups in total. The molecule has 0 bridgehead atoms. The molecule has 1 heterocycles. The zero-order valence-corrected chi connectivity index (χ0v) is 14.0. The number of para-hydroxylation sites is 2. The standard InChI is InChI=1S/C18H19ClN2O2/c1-3-9-23-17-11-13(19)12(10-16(17)22-4-2)18-20-14-7-5-6-8-15(14)21-18/h5-8,10-11H,3-4,9H2,1-2H3,(H,20,21). The van der Waals surface area contributed by atoms with Crippen molar-refractivity contribution < 1.29 is 9.47 Å². The van der Waals surface area contributed by atoms with Gasteiger partial charge in [0.2, 0.25) is 0 Å². The number of hydrogen-bond donors (Lipinski definition) is 1. The van der Waals surface area contributed by atoms with Crippen LogP contribution in [-0.4, -0.2) is 23.2 Å². The van der Waals surface area contributed by atoms with E-state index in [0.717, 1.165) is 28.8 Å². The van der Waals surface area contributed by atoms with E-state index in [2.05, 4.69) is 16.9 Å². The summed E-state index contributed by atoms with van der Waals surface area (Å²) < 4.78 is 11.4. The van der Waals surface area contributed by atoms with Crippen LogP contribution in [0.3, 0.4) is 0 Å². The molecule has 3 aromatic rings. The molecule has 5 heteroatoms. The van der Waals surface area contributed by atoms with Crippen LogP contribution in [0.4, 0.5) is 0 Å². The average Bonchev–Trinajstić information content (AvgIpc) is 2.98. The first-order valence-electron chi connectivity index (χ1n) is 7.77. The minimum absolute atomic E-state index is 0.559. The molecule has 120 valence electrons. The molecule has 0 spiro atoms. The molecular weight excluding hydrogens is 312 g/mol. The number of aromatic amines is 1. The number of ether oxygens (including phenoxy) is 2. The van der Waals surface area contributed by atoms with E-state index in [0.29, 0.717) is 29.7 Å². The van der Waals surface area contributed by atoms with Crippen molar-refractivity contribution in [2.45, 2.75) is 20.3 Å². The van der Waals surface area contributed by atoms with E-state index in [1.54, 1.807) is 6.07 Å². The van der Waals surface area contributed by atoms with E-state index in [1.165, 1.54) is 0 Å². The number of nitrogens with zero attached hydrogens (tertiary/aromatic N) is 1. The minimum atomic E-state index is 0.559. The first-order chi connectivity index (χ1) is 11.2. The molecule has 0 fully saturated rings. The Labute approximate surface area is 140 Å². The van der Waals surface area contributed by atoms with E-state index < -0.39 is 0 Å². The van der Waals surface area contributed by atoms with Crippen LogP contribution in [-0.2, 0) is 0 Å². The van der Waals surface area contributed by atoms with Crippen LogP contribution in [0.2, 0.25) is 5.02 Å². The van der Waals surface area contributed by atoms with Crippen LogP contribution in [0.1, 0.15) is 20.3 Å². The van der Waals surface area contributed by atoms with Crippen LogP contribution < -0.4 is 9.47 Å². The van der Waals surface area contributed by atoms with Crippen molar-refractivity contribution in [3.8, 4) is 22.9 Å². The fourth-order valence-electron chi connectivity index (χ4n) is 2.39. The first kappa shape index (κ1) is 15.7. The van der Waals surface area contributed by atoms with Crippen molar-refractivity contribution in [3.05, 3.63) is 41.4 Å². The van der Waals surface area contributed by atoms with Gasteiger partial charge in [-0.1, -0.05) is 30.7 Å². The van der Waals surface area contributed by atoms with Gasteiger partial charge in [-0.15, -0.1) is 0 Å². The van der Waals surface area contributed by atoms with Crippen LogP contribution >= 0.6 is 11.6 Å². The summed E-state index contributed by atoms with van der Waals surface area (Å²) in [5.41, 5.74) is 2.68. The monoisotopic (exact) mass is 330 g/mol. The average molecular weight is 331 g/mol. The summed E-state index contributed by atoms with van der Waals surface area (Å²) in [6, 6.07) is 11.6. The molecule has 0 saturated carbocycles. The van der Waals surface area contributed by atoms with Gasteiger partial charge in [0.05, 0.1) is 29.3 Å². The number of fused-ring (bicyclic) bond motifs is 1. The lowest BCUT2D eigenvalue weighted by atomic mass is 10.2. The van der Waals surface area contributed by atoms with Gasteiger partial charge in [0.25, 0.3) is 0 Å². The number of halogens is 1. The molecule has 0 aliphatic rings. The third kappa shape index (κ3) is 3.27. The molecule has 0 saturated heterocycles. The molecular formula is C18H19ClN2O2. The van der Waals surface area contributed by atoms with Crippen molar-refractivity contribution in [2.75, 3.05) is 13.2 Å². The number of imidazole rings is 1. The van der Waals surface area contributed by atoms with Gasteiger partial charge in [-0.25, -0.2) is 4.98 Å². The number of aromatic nitrogens is 2. The maximum atomic E-state index is 6.45. The molecule has 1 aromatic heterocycles. The van der Waals surface area contributed by atoms with Crippen LogP contribution in [0.25, 0.3) is 22.4 Å². The molecule has 2 aromatic carbocycles. The molecule has 0 atom stereocenters. The van der Waals surface area contributed by atoms with Crippen LogP contribution in [0, 0.1) is 0 Å². The predicted octanol–water partition coefficient (Wildman–Crippen LogP) is 5.07. The summed E-state index contributed by atoms with van der Waals surface area (Å²) in [4.78, 5) is 7.89. The van der Waals surface area contributed by atoms with Gasteiger partial charge in [0, 0.05) is 11.6 Å². The third-order valence-electron chi connectivity index (χ3n) is 3.44. The second-order valence-corrected chi connectivity index (χ2v) is 5.57. The lowest BCUT2D eigenvalue weighted by Crippen LogP contribution is -2.00. The Balaban J connectivity index is 2.05. The highest BCUT2D eigenvalue weighted by Gasteiger charge is 2.15. The van der Waals surface area contributed by atoms with E-state index in [9.17, 15) is 0 Å². The Morgan fingerprint density at radius 2 is 1.87 bits per heavy atom. The van der Waals surface area contributed by atoms with Crippen LogP contribution in [0.15, 0.2) is 36.4 Å². The zero-order valence-electron chi connectivity index (χ0n) is 13.2. The summed E-state index contributed by atoms with van der Waals surface area (Å²) in [7, 11) is 0. The van der Waals surface area contributed by atoms with Crippen molar-refractivity contribution in [3.63, 3.8) is 0 Å². The summed E-state index contributed by atoms with van der Waals surface area (Å²) in [6.45, 7) is 5.19. The third-order valence-corrected chi connectivity index (χ3v) is 3.75. The van der Waals surface area contributed by atoms with Gasteiger partial charge in [-0.3, -0.25) is 0 Å². The molecule has 4 nitrogen and oxygen atoms in total. The van der Waals surface area contributed by atoms with Gasteiger partial charge >= 0.3 is 0 Å². The number of benzene rings is 2. The van der Waals surface area contributed by atoms with E-state index >= 15 is 0 Å². The Morgan fingerprint density at radius 1 is 1.09 bits per heavy atom. The van der Waals surface area contributed by atoms with Crippen molar-refractivity contribution in [1.29, 1.82) is 0 Å². The summed E-state index contributed by atoms with van der Waals surface area (Å²) in [5, 5.41) is 0.582. The molecule has 0 amide bonds. The predicted molar refractivity (Wildman–Crippen MR) is 93.5 cm³/mol. The number of H-pyrrole nitrogens is 1. The topological polar surface area (TPSA) is 47.1 Å². The zero-order chi connectivity index (χ0) is 16.2. The Morgan fingerprint density at radius 3 is 2.61 bits per heavy atom. The second kappa shape index (κ2) is 6.92. The lowest BCUT2D eigenvalue weighted by Gasteiger charge is -2.13. The molecule has 0 aliphatic heterocycles. The number of nitrogens with one attached hydrogen (secondary N) is 1. The van der Waals surface area contributed by atoms with Gasteiger partial charge in [-0.05, 0) is 31.5 Å². The second-order valence-electron chi connectivity index (χ2n) is 5.16. The SMILES string of the molecule is CCCOc1cc(Cl)c(-c2nc3ccccc3[nH]2)cc1OCC. The number of hydrogen-bond acceptors (Lipinski definition) is 3. The van der Waals surface area contributed by atoms with Crippen molar-refractivity contribution in [2.24, 2.45) is 0 Å². The molecule has 3 rings (SSSR count). The maximum absolute atomic E-state index is 6.45. The molecule has 23 heavy (non-hydrogen) atoms. The van der Waals surface area contributed by atoms with E-state index in [4.69, 9.17) is 21.1 Å². The number of rotatable bonds is 6. The highest BCUT2D eigenvalue weighted by Crippen LogP contribution is 2.38. The largest absolute Gasteiger partial charge is 0.490 e. The van der Waals surface area contributed by atoms with Crippen molar-refractivity contribution in [1.82, 2.24) is 9.97 Å². The minimum Gasteiger partial charge on any atom is -0.490 e. The van der Waals surface area contributed by atoms with Gasteiger partial charge < -0.3 is 14.5 Å². The van der Waals surface area contributed by atoms with Crippen LogP contribution in [0.5, 0.6) is 11.5 Å². The van der Waals surface area contributed by atoms with Gasteiger partial charge in [-0.2, -0.15) is 0 Å². The fraction of sp³-hybridized carbons (Fsp3) is 0.278. The van der Waals surface area contributed by atoms with Crippen molar-refractivity contribution >= 4 is 22.6 Å². The molecule has 0 unspecified atom stereocenters. The van der Waals surface area contributed by atoms with Gasteiger partial charge in [0.15, 0.2) is 11.5 Å². The first-order valence-corrected chi connectivity index (χ1v) is 8.15. The summed E-state index contributed by atoms with van der Waals surface area (Å²) in [6.07, 6.45) is 0.925. The fourth-order valence-corrected chi connectivity index (χ4v) is 2.63. The highest BCUT2D eigenvalue weighted by atomic mass is 35.5. The summed E-state index contributed by atoms with van der Waals surface area (Å²) in [5.74, 6) is 2.07. The maximum Gasteiger partial charge on any atom is 0.162 e.